The minimum absolute atomic E-state index is 0.266. The van der Waals surface area contributed by atoms with E-state index in [0.717, 1.165) is 5.56 Å². The minimum atomic E-state index is -4.48. The van der Waals surface area contributed by atoms with Gasteiger partial charge in [0.25, 0.3) is 0 Å². The number of hydrogen-bond acceptors (Lipinski definition) is 3. The molecular formula is C9H11F3N4. The van der Waals surface area contributed by atoms with E-state index in [-0.39, 0.29) is 6.54 Å². The van der Waals surface area contributed by atoms with Gasteiger partial charge in [0, 0.05) is 31.9 Å². The van der Waals surface area contributed by atoms with E-state index in [2.05, 4.69) is 10.4 Å². The normalized spacial score (nSPS) is 13.4. The summed E-state index contributed by atoms with van der Waals surface area (Å²) in [4.78, 5) is 0. The number of alkyl halides is 3. The van der Waals surface area contributed by atoms with Gasteiger partial charge in [0.2, 0.25) is 0 Å². The standard InChI is InChI=1S/C9H11F3N4/c1-16-6-7(4-15-16)3-14-5-8(2-13)9(10,11)12/h4,6,8,14H,3,5H2,1H3. The van der Waals surface area contributed by atoms with Crippen LogP contribution < -0.4 is 5.32 Å². The lowest BCUT2D eigenvalue weighted by atomic mass is 10.1. The van der Waals surface area contributed by atoms with Crippen molar-refractivity contribution in [1.82, 2.24) is 15.1 Å². The van der Waals surface area contributed by atoms with Gasteiger partial charge in [-0.1, -0.05) is 0 Å². The van der Waals surface area contributed by atoms with Crippen molar-refractivity contribution >= 4 is 0 Å². The first kappa shape index (κ1) is 12.5. The third-order valence-electron chi connectivity index (χ3n) is 1.99. The summed E-state index contributed by atoms with van der Waals surface area (Å²) >= 11 is 0. The summed E-state index contributed by atoms with van der Waals surface area (Å²) in [6, 6.07) is 1.23. The first-order valence-electron chi connectivity index (χ1n) is 4.58. The van der Waals surface area contributed by atoms with Crippen molar-refractivity contribution in [2.45, 2.75) is 12.7 Å². The number of nitrogens with one attached hydrogen (secondary N) is 1. The Hall–Kier alpha value is -1.55. The summed E-state index contributed by atoms with van der Waals surface area (Å²) in [5.41, 5.74) is 0.779. The zero-order chi connectivity index (χ0) is 12.2. The predicted octanol–water partition coefficient (Wildman–Crippen LogP) is 1.21. The van der Waals surface area contributed by atoms with Gasteiger partial charge in [0.1, 0.15) is 0 Å². The quantitative estimate of drug-likeness (QED) is 0.849. The van der Waals surface area contributed by atoms with E-state index < -0.39 is 18.6 Å². The van der Waals surface area contributed by atoms with Crippen LogP contribution in [-0.4, -0.2) is 22.5 Å². The molecule has 88 valence electrons. The van der Waals surface area contributed by atoms with Crippen LogP contribution in [0.3, 0.4) is 0 Å². The Morgan fingerprint density at radius 3 is 2.75 bits per heavy atom. The molecule has 0 saturated heterocycles. The SMILES string of the molecule is Cn1cc(CNCC(C#N)C(F)(F)F)cn1. The minimum Gasteiger partial charge on any atom is -0.311 e. The number of hydrogen-bond donors (Lipinski definition) is 1. The van der Waals surface area contributed by atoms with Crippen molar-refractivity contribution in [2.24, 2.45) is 13.0 Å². The number of halogens is 3. The van der Waals surface area contributed by atoms with Crippen LogP contribution in [0.25, 0.3) is 0 Å². The molecule has 1 aromatic heterocycles. The maximum Gasteiger partial charge on any atom is 0.405 e. The lowest BCUT2D eigenvalue weighted by Gasteiger charge is -2.13. The molecule has 0 saturated carbocycles. The van der Waals surface area contributed by atoms with Crippen LogP contribution in [0.5, 0.6) is 0 Å². The molecule has 7 heteroatoms. The zero-order valence-corrected chi connectivity index (χ0v) is 8.62. The van der Waals surface area contributed by atoms with Crippen LogP contribution in [0.2, 0.25) is 0 Å². The fourth-order valence-electron chi connectivity index (χ4n) is 1.16. The summed E-state index contributed by atoms with van der Waals surface area (Å²) in [6.07, 6.45) is -1.22. The van der Waals surface area contributed by atoms with E-state index in [1.165, 1.54) is 6.07 Å². The topological polar surface area (TPSA) is 53.6 Å². The highest BCUT2D eigenvalue weighted by molar-refractivity contribution is 5.03. The Balaban J connectivity index is 2.38. The van der Waals surface area contributed by atoms with E-state index in [1.807, 2.05) is 0 Å². The van der Waals surface area contributed by atoms with Gasteiger partial charge >= 0.3 is 6.18 Å². The fraction of sp³-hybridized carbons (Fsp3) is 0.556. The van der Waals surface area contributed by atoms with E-state index in [9.17, 15) is 13.2 Å². The molecule has 0 radical (unpaired) electrons. The van der Waals surface area contributed by atoms with Gasteiger partial charge in [-0.15, -0.1) is 0 Å². The van der Waals surface area contributed by atoms with Crippen LogP contribution in [0.4, 0.5) is 13.2 Å². The number of rotatable bonds is 4. The monoisotopic (exact) mass is 232 g/mol. The highest BCUT2D eigenvalue weighted by atomic mass is 19.4. The molecule has 1 atom stereocenters. The third kappa shape index (κ3) is 3.55. The number of aromatic nitrogens is 2. The first-order chi connectivity index (χ1) is 7.43. The van der Waals surface area contributed by atoms with E-state index in [4.69, 9.17) is 5.26 Å². The third-order valence-corrected chi connectivity index (χ3v) is 1.99. The number of aryl methyl sites for hydroxylation is 1. The molecule has 0 bridgehead atoms. The Morgan fingerprint density at radius 2 is 2.31 bits per heavy atom. The maximum atomic E-state index is 12.2. The highest BCUT2D eigenvalue weighted by Gasteiger charge is 2.39. The van der Waals surface area contributed by atoms with E-state index in [1.54, 1.807) is 24.1 Å². The lowest BCUT2D eigenvalue weighted by molar-refractivity contribution is -0.157. The van der Waals surface area contributed by atoms with Crippen LogP contribution in [0.1, 0.15) is 5.56 Å². The molecule has 1 heterocycles. The van der Waals surface area contributed by atoms with Crippen molar-refractivity contribution in [1.29, 1.82) is 5.26 Å². The van der Waals surface area contributed by atoms with Crippen LogP contribution in [-0.2, 0) is 13.6 Å². The fourth-order valence-corrected chi connectivity index (χ4v) is 1.16. The average molecular weight is 232 g/mol. The van der Waals surface area contributed by atoms with Gasteiger partial charge in [0.15, 0.2) is 5.92 Å². The van der Waals surface area contributed by atoms with Gasteiger partial charge in [-0.3, -0.25) is 4.68 Å². The molecule has 0 aromatic carbocycles. The molecule has 0 aliphatic carbocycles. The summed E-state index contributed by atoms with van der Waals surface area (Å²) in [5.74, 6) is -1.97. The van der Waals surface area contributed by atoms with Gasteiger partial charge < -0.3 is 5.32 Å². The molecule has 1 rings (SSSR count). The highest BCUT2D eigenvalue weighted by Crippen LogP contribution is 2.24. The smallest absolute Gasteiger partial charge is 0.311 e. The predicted molar refractivity (Wildman–Crippen MR) is 50.1 cm³/mol. The summed E-state index contributed by atoms with van der Waals surface area (Å²) in [7, 11) is 1.72. The van der Waals surface area contributed by atoms with Crippen molar-refractivity contribution in [3.05, 3.63) is 18.0 Å². The van der Waals surface area contributed by atoms with Crippen molar-refractivity contribution in [3.8, 4) is 6.07 Å². The van der Waals surface area contributed by atoms with Crippen LogP contribution in [0, 0.1) is 17.2 Å². The average Bonchev–Trinajstić information content (AvgIpc) is 2.57. The largest absolute Gasteiger partial charge is 0.405 e. The molecule has 0 aliphatic rings. The second kappa shape index (κ2) is 4.99. The Bertz CT molecular complexity index is 377. The summed E-state index contributed by atoms with van der Waals surface area (Å²) in [5, 5.41) is 14.8. The van der Waals surface area contributed by atoms with Gasteiger partial charge in [0.05, 0.1) is 12.3 Å². The Morgan fingerprint density at radius 1 is 1.62 bits per heavy atom. The molecule has 4 nitrogen and oxygen atoms in total. The zero-order valence-electron chi connectivity index (χ0n) is 8.62. The van der Waals surface area contributed by atoms with E-state index >= 15 is 0 Å². The van der Waals surface area contributed by atoms with Crippen LogP contribution in [0.15, 0.2) is 12.4 Å². The van der Waals surface area contributed by atoms with Gasteiger partial charge in [-0.05, 0) is 0 Å². The van der Waals surface area contributed by atoms with E-state index in [0.29, 0.717) is 0 Å². The first-order valence-corrected chi connectivity index (χ1v) is 4.58. The number of nitrogens with zero attached hydrogens (tertiary/aromatic N) is 3. The van der Waals surface area contributed by atoms with Gasteiger partial charge in [-0.25, -0.2) is 0 Å². The molecule has 1 unspecified atom stereocenters. The van der Waals surface area contributed by atoms with Gasteiger partial charge in [-0.2, -0.15) is 23.5 Å². The molecule has 0 aliphatic heterocycles. The van der Waals surface area contributed by atoms with Crippen molar-refractivity contribution < 1.29 is 13.2 Å². The number of nitriles is 1. The molecule has 1 aromatic rings. The second-order valence-electron chi connectivity index (χ2n) is 3.38. The molecular weight excluding hydrogens is 221 g/mol. The second-order valence-corrected chi connectivity index (χ2v) is 3.38. The maximum absolute atomic E-state index is 12.2. The molecule has 16 heavy (non-hydrogen) atoms. The Kier molecular flexibility index (Phi) is 3.90. The summed E-state index contributed by atoms with van der Waals surface area (Å²) in [6.45, 7) is -0.142. The molecule has 0 spiro atoms. The molecule has 0 fully saturated rings. The van der Waals surface area contributed by atoms with Crippen molar-refractivity contribution in [3.63, 3.8) is 0 Å². The molecule has 1 N–H and O–H groups in total. The summed E-state index contributed by atoms with van der Waals surface area (Å²) < 4.78 is 38.1. The van der Waals surface area contributed by atoms with Crippen LogP contribution >= 0.6 is 0 Å². The Labute approximate surface area is 90.7 Å². The van der Waals surface area contributed by atoms with Crippen molar-refractivity contribution in [2.75, 3.05) is 6.54 Å². The molecule has 0 amide bonds. The lowest BCUT2D eigenvalue weighted by Crippen LogP contribution is -2.32.